The fourth-order valence-corrected chi connectivity index (χ4v) is 1.90. The van der Waals surface area contributed by atoms with Crippen LogP contribution in [0.4, 0.5) is 0 Å². The molecule has 1 unspecified atom stereocenters. The molecule has 3 N–H and O–H groups in total. The second kappa shape index (κ2) is 7.80. The average Bonchev–Trinajstić information content (AvgIpc) is 2.14. The summed E-state index contributed by atoms with van der Waals surface area (Å²) in [4.78, 5) is 10.8. The Labute approximate surface area is 86.7 Å². The number of carboxylic acid groups (broad SMARTS) is 1. The van der Waals surface area contributed by atoms with E-state index in [0.717, 1.165) is 32.1 Å². The molecule has 3 nitrogen and oxygen atoms in total. The number of carboxylic acids is 1. The van der Waals surface area contributed by atoms with E-state index in [1.807, 2.05) is 0 Å². The van der Waals surface area contributed by atoms with E-state index in [0.29, 0.717) is 5.92 Å². The molecule has 84 valence electrons. The van der Waals surface area contributed by atoms with E-state index < -0.39 is 5.97 Å². The van der Waals surface area contributed by atoms with Crippen molar-refractivity contribution in [3.63, 3.8) is 0 Å². The summed E-state index contributed by atoms with van der Waals surface area (Å²) in [7, 11) is 0. The van der Waals surface area contributed by atoms with Crippen molar-refractivity contribution in [1.29, 1.82) is 0 Å². The Morgan fingerprint density at radius 1 is 1.29 bits per heavy atom. The molecule has 14 heavy (non-hydrogen) atoms. The van der Waals surface area contributed by atoms with E-state index in [9.17, 15) is 4.79 Å². The zero-order valence-electron chi connectivity index (χ0n) is 9.33. The molecule has 0 fully saturated rings. The molecule has 0 aliphatic rings. The minimum Gasteiger partial charge on any atom is -0.481 e. The van der Waals surface area contributed by atoms with E-state index in [2.05, 4.69) is 13.8 Å². The zero-order chi connectivity index (χ0) is 11.0. The molecule has 0 aromatic heterocycles. The highest BCUT2D eigenvalue weighted by atomic mass is 16.4. The summed E-state index contributed by atoms with van der Waals surface area (Å²) in [6.07, 6.45) is 5.24. The second-order valence-electron chi connectivity index (χ2n) is 3.95. The summed E-state index contributed by atoms with van der Waals surface area (Å²) in [6.45, 7) is 4.54. The zero-order valence-corrected chi connectivity index (χ0v) is 9.33. The third kappa shape index (κ3) is 5.22. The minimum absolute atomic E-state index is 0.263. The lowest BCUT2D eigenvalue weighted by Crippen LogP contribution is -2.25. The quantitative estimate of drug-likeness (QED) is 0.633. The van der Waals surface area contributed by atoms with Gasteiger partial charge in [-0.25, -0.2) is 0 Å². The molecule has 0 rings (SSSR count). The maximum absolute atomic E-state index is 10.8. The van der Waals surface area contributed by atoms with Crippen LogP contribution in [-0.2, 0) is 4.79 Å². The van der Waals surface area contributed by atoms with Gasteiger partial charge in [0.15, 0.2) is 0 Å². The van der Waals surface area contributed by atoms with Gasteiger partial charge in [0.1, 0.15) is 0 Å². The Kier molecular flexibility index (Phi) is 7.48. The highest BCUT2D eigenvalue weighted by molar-refractivity contribution is 5.70. The molecule has 0 aromatic carbocycles. The summed E-state index contributed by atoms with van der Waals surface area (Å²) < 4.78 is 0. The molecule has 0 saturated heterocycles. The van der Waals surface area contributed by atoms with Crippen molar-refractivity contribution in [3.05, 3.63) is 0 Å². The van der Waals surface area contributed by atoms with Crippen molar-refractivity contribution in [2.75, 3.05) is 6.54 Å². The normalized spacial score (nSPS) is 13.1. The number of rotatable bonds is 8. The lowest BCUT2D eigenvalue weighted by molar-refractivity contribution is -0.142. The van der Waals surface area contributed by atoms with Crippen LogP contribution in [0.3, 0.4) is 0 Å². The number of nitrogens with two attached hydrogens (primary N) is 1. The molecule has 3 heteroatoms. The molecule has 0 aliphatic carbocycles. The predicted molar refractivity (Wildman–Crippen MR) is 58.1 cm³/mol. The Balaban J connectivity index is 4.03. The maximum Gasteiger partial charge on any atom is 0.307 e. The van der Waals surface area contributed by atoms with Crippen molar-refractivity contribution in [2.24, 2.45) is 17.6 Å². The number of hydrogen-bond donors (Lipinski definition) is 2. The van der Waals surface area contributed by atoms with Crippen LogP contribution in [0.5, 0.6) is 0 Å². The lowest BCUT2D eigenvalue weighted by Gasteiger charge is -2.18. The Bertz CT molecular complexity index is 153. The van der Waals surface area contributed by atoms with E-state index in [1.165, 1.54) is 0 Å². The summed E-state index contributed by atoms with van der Waals surface area (Å²) in [5.41, 5.74) is 5.43. The van der Waals surface area contributed by atoms with Crippen molar-refractivity contribution in [2.45, 2.75) is 46.0 Å². The van der Waals surface area contributed by atoms with Gasteiger partial charge < -0.3 is 10.8 Å². The smallest absolute Gasteiger partial charge is 0.307 e. The van der Waals surface area contributed by atoms with Crippen molar-refractivity contribution >= 4 is 5.97 Å². The Morgan fingerprint density at radius 2 is 1.79 bits per heavy atom. The first-order valence-corrected chi connectivity index (χ1v) is 5.58. The third-order valence-corrected chi connectivity index (χ3v) is 2.65. The standard InChI is InChI=1S/C11H23NO2/c1-3-5-9(6-4-2)7-10(8-12)11(13)14/h9-10H,3-8,12H2,1-2H3,(H,13,14). The summed E-state index contributed by atoms with van der Waals surface area (Å²) in [5.74, 6) is -0.558. The topological polar surface area (TPSA) is 63.3 Å². The fourth-order valence-electron chi connectivity index (χ4n) is 1.90. The van der Waals surface area contributed by atoms with E-state index in [-0.39, 0.29) is 12.5 Å². The molecule has 0 heterocycles. The average molecular weight is 201 g/mol. The number of carbonyl (C=O) groups is 1. The summed E-state index contributed by atoms with van der Waals surface area (Å²) in [5, 5.41) is 8.88. The largest absolute Gasteiger partial charge is 0.481 e. The van der Waals surface area contributed by atoms with Gasteiger partial charge >= 0.3 is 5.97 Å². The van der Waals surface area contributed by atoms with E-state index >= 15 is 0 Å². The van der Waals surface area contributed by atoms with Gasteiger partial charge in [-0.15, -0.1) is 0 Å². The van der Waals surface area contributed by atoms with Crippen molar-refractivity contribution in [1.82, 2.24) is 0 Å². The van der Waals surface area contributed by atoms with Gasteiger partial charge in [-0.05, 0) is 12.3 Å². The van der Waals surface area contributed by atoms with E-state index in [1.54, 1.807) is 0 Å². The fraction of sp³-hybridized carbons (Fsp3) is 0.909. The Morgan fingerprint density at radius 3 is 2.07 bits per heavy atom. The molecule has 1 atom stereocenters. The molecule has 0 amide bonds. The highest BCUT2D eigenvalue weighted by Crippen LogP contribution is 2.22. The van der Waals surface area contributed by atoms with Crippen LogP contribution in [-0.4, -0.2) is 17.6 Å². The van der Waals surface area contributed by atoms with Gasteiger partial charge in [0.2, 0.25) is 0 Å². The van der Waals surface area contributed by atoms with Crippen molar-refractivity contribution in [3.8, 4) is 0 Å². The minimum atomic E-state index is -0.746. The summed E-state index contributed by atoms with van der Waals surface area (Å²) in [6, 6.07) is 0. The highest BCUT2D eigenvalue weighted by Gasteiger charge is 2.20. The van der Waals surface area contributed by atoms with Gasteiger partial charge in [0, 0.05) is 6.54 Å². The number of hydrogen-bond acceptors (Lipinski definition) is 2. The van der Waals surface area contributed by atoms with Crippen LogP contribution in [0.15, 0.2) is 0 Å². The van der Waals surface area contributed by atoms with Crippen LogP contribution in [0.1, 0.15) is 46.0 Å². The predicted octanol–water partition coefficient (Wildman–Crippen LogP) is 2.25. The lowest BCUT2D eigenvalue weighted by atomic mass is 9.88. The first-order chi connectivity index (χ1) is 6.65. The molecule has 0 aliphatic heterocycles. The molecule has 0 radical (unpaired) electrons. The Hall–Kier alpha value is -0.570. The maximum atomic E-state index is 10.8. The molecular weight excluding hydrogens is 178 g/mol. The molecule has 0 spiro atoms. The molecule has 0 aromatic rings. The van der Waals surface area contributed by atoms with Gasteiger partial charge in [0.05, 0.1) is 5.92 Å². The first kappa shape index (κ1) is 13.4. The number of aliphatic carboxylic acids is 1. The second-order valence-corrected chi connectivity index (χ2v) is 3.95. The molecular formula is C11H23NO2. The van der Waals surface area contributed by atoms with Crippen LogP contribution in [0, 0.1) is 11.8 Å². The van der Waals surface area contributed by atoms with Crippen LogP contribution >= 0.6 is 0 Å². The molecule has 0 saturated carbocycles. The van der Waals surface area contributed by atoms with Gasteiger partial charge in [-0.1, -0.05) is 39.5 Å². The van der Waals surface area contributed by atoms with Crippen LogP contribution < -0.4 is 5.73 Å². The van der Waals surface area contributed by atoms with Gasteiger partial charge in [-0.3, -0.25) is 4.79 Å². The van der Waals surface area contributed by atoms with E-state index in [4.69, 9.17) is 10.8 Å². The molecule has 0 bridgehead atoms. The first-order valence-electron chi connectivity index (χ1n) is 5.58. The van der Waals surface area contributed by atoms with Crippen molar-refractivity contribution < 1.29 is 9.90 Å². The van der Waals surface area contributed by atoms with Gasteiger partial charge in [0.25, 0.3) is 0 Å². The third-order valence-electron chi connectivity index (χ3n) is 2.65. The summed E-state index contributed by atoms with van der Waals surface area (Å²) >= 11 is 0. The SMILES string of the molecule is CCCC(CCC)CC(CN)C(=O)O. The monoisotopic (exact) mass is 201 g/mol. The van der Waals surface area contributed by atoms with Crippen LogP contribution in [0.25, 0.3) is 0 Å². The van der Waals surface area contributed by atoms with Gasteiger partial charge in [-0.2, -0.15) is 0 Å². The van der Waals surface area contributed by atoms with Crippen LogP contribution in [0.2, 0.25) is 0 Å².